The van der Waals surface area contributed by atoms with E-state index in [2.05, 4.69) is 32.6 Å². The van der Waals surface area contributed by atoms with Gasteiger partial charge in [-0.05, 0) is 83.3 Å². The lowest BCUT2D eigenvalue weighted by molar-refractivity contribution is 0.474. The first-order valence-electron chi connectivity index (χ1n) is 7.77. The molecule has 0 amide bonds. The average Bonchev–Trinajstić information content (AvgIpc) is 3.06. The second-order valence-corrected chi connectivity index (χ2v) is 7.32. The largest absolute Gasteiger partial charge is 0.507 e. The number of benzene rings is 3. The summed E-state index contributed by atoms with van der Waals surface area (Å²) < 4.78 is 6.80. The van der Waals surface area contributed by atoms with Gasteiger partial charge < -0.3 is 9.52 Å². The van der Waals surface area contributed by atoms with Crippen molar-refractivity contribution in [3.63, 3.8) is 0 Å². The van der Waals surface area contributed by atoms with Crippen LogP contribution < -0.4 is 0 Å². The molecule has 4 nitrogen and oxygen atoms in total. The van der Waals surface area contributed by atoms with Gasteiger partial charge in [-0.1, -0.05) is 11.6 Å². The van der Waals surface area contributed by atoms with E-state index in [0.29, 0.717) is 22.1 Å². The number of nitrogens with zero attached hydrogens (tertiary/aromatic N) is 2. The summed E-state index contributed by atoms with van der Waals surface area (Å²) in [6.45, 7) is 0. The molecule has 4 rings (SSSR count). The fourth-order valence-electron chi connectivity index (χ4n) is 2.49. The number of aromatic nitrogens is 1. The van der Waals surface area contributed by atoms with Crippen molar-refractivity contribution < 1.29 is 9.52 Å². The van der Waals surface area contributed by atoms with Crippen LogP contribution in [0.15, 0.2) is 70.1 Å². The maximum atomic E-state index is 9.87. The Bertz CT molecular complexity index is 1120. The van der Waals surface area contributed by atoms with Crippen molar-refractivity contribution in [2.75, 3.05) is 0 Å². The van der Waals surface area contributed by atoms with E-state index in [-0.39, 0.29) is 5.75 Å². The number of aliphatic imine (C=N–C) groups is 1. The third kappa shape index (κ3) is 3.59. The van der Waals surface area contributed by atoms with E-state index in [0.717, 1.165) is 20.3 Å². The minimum absolute atomic E-state index is 0.205. The second kappa shape index (κ2) is 7.09. The smallest absolute Gasteiger partial charge is 0.227 e. The van der Waals surface area contributed by atoms with E-state index in [1.807, 2.05) is 36.4 Å². The van der Waals surface area contributed by atoms with Crippen molar-refractivity contribution in [1.82, 2.24) is 4.98 Å². The van der Waals surface area contributed by atoms with Crippen molar-refractivity contribution in [2.45, 2.75) is 0 Å². The summed E-state index contributed by atoms with van der Waals surface area (Å²) >= 11 is 8.18. The van der Waals surface area contributed by atoms with Crippen molar-refractivity contribution in [3.8, 4) is 17.2 Å². The van der Waals surface area contributed by atoms with Crippen LogP contribution >= 0.6 is 34.2 Å². The first-order valence-corrected chi connectivity index (χ1v) is 9.23. The number of hydrogen-bond donors (Lipinski definition) is 1. The Balaban J connectivity index is 1.59. The Hall–Kier alpha value is -2.38. The van der Waals surface area contributed by atoms with Crippen LogP contribution in [0.25, 0.3) is 22.6 Å². The Labute approximate surface area is 168 Å². The summed E-state index contributed by atoms with van der Waals surface area (Å²) in [5, 5.41) is 10.5. The van der Waals surface area contributed by atoms with E-state index in [1.165, 1.54) is 0 Å². The van der Waals surface area contributed by atoms with Crippen LogP contribution in [0.4, 0.5) is 5.69 Å². The van der Waals surface area contributed by atoms with Gasteiger partial charge in [0.1, 0.15) is 11.3 Å². The second-order valence-electron chi connectivity index (χ2n) is 5.64. The molecule has 0 fully saturated rings. The molecule has 0 saturated carbocycles. The minimum atomic E-state index is 0.205. The van der Waals surface area contributed by atoms with Gasteiger partial charge in [0.2, 0.25) is 5.89 Å². The van der Waals surface area contributed by atoms with Crippen LogP contribution in [-0.2, 0) is 0 Å². The highest BCUT2D eigenvalue weighted by atomic mass is 127. The predicted molar refractivity (Wildman–Crippen MR) is 113 cm³/mol. The number of rotatable bonds is 3. The number of phenolic OH excluding ortho intramolecular Hbond substituents is 1. The molecule has 4 aromatic rings. The van der Waals surface area contributed by atoms with Crippen molar-refractivity contribution >= 4 is 57.2 Å². The van der Waals surface area contributed by atoms with Gasteiger partial charge in [-0.3, -0.25) is 4.99 Å². The van der Waals surface area contributed by atoms with E-state index >= 15 is 0 Å². The lowest BCUT2D eigenvalue weighted by Gasteiger charge is -2.00. The Morgan fingerprint density at radius 2 is 1.85 bits per heavy atom. The first kappa shape index (κ1) is 17.1. The van der Waals surface area contributed by atoms with Crippen molar-refractivity contribution in [1.29, 1.82) is 0 Å². The zero-order valence-corrected chi connectivity index (χ0v) is 16.3. The number of aromatic hydroxyl groups is 1. The van der Waals surface area contributed by atoms with Gasteiger partial charge in [-0.25, -0.2) is 4.98 Å². The average molecular weight is 475 g/mol. The van der Waals surface area contributed by atoms with E-state index in [1.54, 1.807) is 30.5 Å². The fraction of sp³-hybridized carbons (Fsp3) is 0. The summed E-state index contributed by atoms with van der Waals surface area (Å²) in [7, 11) is 0. The molecule has 0 saturated heterocycles. The van der Waals surface area contributed by atoms with Crippen molar-refractivity contribution in [3.05, 3.63) is 74.8 Å². The standard InChI is InChI=1S/C20H12ClIN2O2/c21-14-3-8-19-17(10-14)24-20(26-19)12-1-5-16(6-2-12)23-11-13-9-15(22)4-7-18(13)25/h1-11,25H. The molecule has 0 spiro atoms. The number of oxazole rings is 1. The molecule has 1 aromatic heterocycles. The molecule has 0 aliphatic heterocycles. The Kier molecular flexibility index (Phi) is 4.65. The fourth-order valence-corrected chi connectivity index (χ4v) is 3.17. The summed E-state index contributed by atoms with van der Waals surface area (Å²) in [6, 6.07) is 18.3. The molecule has 128 valence electrons. The number of halogens is 2. The summed E-state index contributed by atoms with van der Waals surface area (Å²) in [6.07, 6.45) is 1.65. The van der Waals surface area contributed by atoms with Gasteiger partial charge in [0, 0.05) is 25.9 Å². The number of phenols is 1. The minimum Gasteiger partial charge on any atom is -0.507 e. The van der Waals surface area contributed by atoms with E-state index in [9.17, 15) is 5.11 Å². The molecule has 1 heterocycles. The zero-order valence-electron chi connectivity index (χ0n) is 13.4. The van der Waals surface area contributed by atoms with Crippen LogP contribution in [0.3, 0.4) is 0 Å². The third-order valence-corrected chi connectivity index (χ3v) is 4.71. The molecular weight excluding hydrogens is 463 g/mol. The first-order chi connectivity index (χ1) is 12.6. The molecule has 26 heavy (non-hydrogen) atoms. The molecule has 0 radical (unpaired) electrons. The molecule has 3 aromatic carbocycles. The number of fused-ring (bicyclic) bond motifs is 1. The molecule has 0 bridgehead atoms. The van der Waals surface area contributed by atoms with Gasteiger partial charge in [0.25, 0.3) is 0 Å². The monoisotopic (exact) mass is 474 g/mol. The summed E-state index contributed by atoms with van der Waals surface area (Å²) in [4.78, 5) is 8.88. The molecule has 6 heteroatoms. The SMILES string of the molecule is Oc1ccc(I)cc1C=Nc1ccc(-c2nc3cc(Cl)ccc3o2)cc1. The highest BCUT2D eigenvalue weighted by molar-refractivity contribution is 14.1. The van der Waals surface area contributed by atoms with Crippen LogP contribution in [-0.4, -0.2) is 16.3 Å². The van der Waals surface area contributed by atoms with Gasteiger partial charge in [0.05, 0.1) is 5.69 Å². The highest BCUT2D eigenvalue weighted by Crippen LogP contribution is 2.27. The zero-order chi connectivity index (χ0) is 18.1. The molecule has 1 N–H and O–H groups in total. The van der Waals surface area contributed by atoms with Crippen LogP contribution in [0.5, 0.6) is 5.75 Å². The Morgan fingerprint density at radius 3 is 2.65 bits per heavy atom. The van der Waals surface area contributed by atoms with Crippen LogP contribution in [0.2, 0.25) is 5.02 Å². The Morgan fingerprint density at radius 1 is 1.04 bits per heavy atom. The molecular formula is C20H12ClIN2O2. The van der Waals surface area contributed by atoms with Crippen molar-refractivity contribution in [2.24, 2.45) is 4.99 Å². The summed E-state index contributed by atoms with van der Waals surface area (Å²) in [5.74, 6) is 0.740. The van der Waals surface area contributed by atoms with Gasteiger partial charge in [0.15, 0.2) is 5.58 Å². The molecule has 0 aliphatic rings. The maximum absolute atomic E-state index is 9.87. The quantitative estimate of drug-likeness (QED) is 0.284. The lowest BCUT2D eigenvalue weighted by Crippen LogP contribution is -1.83. The molecule has 0 atom stereocenters. The van der Waals surface area contributed by atoms with E-state index < -0.39 is 0 Å². The molecule has 0 aliphatic carbocycles. The maximum Gasteiger partial charge on any atom is 0.227 e. The van der Waals surface area contributed by atoms with Gasteiger partial charge >= 0.3 is 0 Å². The third-order valence-electron chi connectivity index (χ3n) is 3.81. The van der Waals surface area contributed by atoms with Crippen LogP contribution in [0.1, 0.15) is 5.56 Å². The van der Waals surface area contributed by atoms with Gasteiger partial charge in [-0.2, -0.15) is 0 Å². The number of hydrogen-bond acceptors (Lipinski definition) is 4. The van der Waals surface area contributed by atoms with Gasteiger partial charge in [-0.15, -0.1) is 0 Å². The summed E-state index contributed by atoms with van der Waals surface area (Å²) in [5.41, 5.74) is 3.72. The topological polar surface area (TPSA) is 58.6 Å². The molecule has 0 unspecified atom stereocenters. The normalized spacial score (nSPS) is 11.5. The highest BCUT2D eigenvalue weighted by Gasteiger charge is 2.08. The predicted octanol–water partition coefficient (Wildman–Crippen LogP) is 6.21. The lowest BCUT2D eigenvalue weighted by atomic mass is 10.2. The van der Waals surface area contributed by atoms with Crippen LogP contribution in [0, 0.1) is 3.57 Å². The van der Waals surface area contributed by atoms with E-state index in [4.69, 9.17) is 16.0 Å².